The molecule has 0 radical (unpaired) electrons. The van der Waals surface area contributed by atoms with E-state index in [0.717, 1.165) is 25.9 Å². The van der Waals surface area contributed by atoms with Gasteiger partial charge >= 0.3 is 0 Å². The zero-order chi connectivity index (χ0) is 17.2. The Bertz CT molecular complexity index is 777. The molecule has 2 aliphatic heterocycles. The van der Waals surface area contributed by atoms with Crippen LogP contribution < -0.4 is 5.32 Å². The van der Waals surface area contributed by atoms with Crippen LogP contribution in [0.15, 0.2) is 30.5 Å². The normalized spacial score (nSPS) is 20.0. The molecule has 132 valence electrons. The number of H-pyrrole nitrogens is 1. The Hall–Kier alpha value is -2.34. The van der Waals surface area contributed by atoms with Gasteiger partial charge in [-0.3, -0.25) is 14.5 Å². The van der Waals surface area contributed by atoms with Crippen LogP contribution >= 0.6 is 0 Å². The first-order chi connectivity index (χ1) is 12.2. The average molecular weight is 340 g/mol. The molecule has 0 saturated carbocycles. The molecule has 25 heavy (non-hydrogen) atoms. The maximum absolute atomic E-state index is 12.4. The number of amides is 2. The first-order valence-electron chi connectivity index (χ1n) is 9.03. The minimum absolute atomic E-state index is 0.0577. The van der Waals surface area contributed by atoms with E-state index in [9.17, 15) is 9.59 Å². The summed E-state index contributed by atoms with van der Waals surface area (Å²) in [6.07, 6.45) is 4.27. The van der Waals surface area contributed by atoms with Gasteiger partial charge in [-0.1, -0.05) is 18.2 Å². The first-order valence-corrected chi connectivity index (χ1v) is 9.03. The summed E-state index contributed by atoms with van der Waals surface area (Å²) in [4.78, 5) is 31.1. The van der Waals surface area contributed by atoms with Gasteiger partial charge < -0.3 is 15.2 Å². The number of nitrogens with zero attached hydrogens (tertiary/aromatic N) is 2. The van der Waals surface area contributed by atoms with Gasteiger partial charge in [0, 0.05) is 30.2 Å². The highest BCUT2D eigenvalue weighted by atomic mass is 16.2. The third-order valence-electron chi connectivity index (χ3n) is 5.40. The highest BCUT2D eigenvalue weighted by Gasteiger charge is 2.27. The molecule has 3 heterocycles. The van der Waals surface area contributed by atoms with Gasteiger partial charge in [-0.2, -0.15) is 0 Å². The molecule has 0 unspecified atom stereocenters. The molecular weight excluding hydrogens is 316 g/mol. The van der Waals surface area contributed by atoms with Gasteiger partial charge in [0.25, 0.3) is 0 Å². The molecule has 1 aromatic heterocycles. The number of likely N-dealkylation sites (tertiary alicyclic amines) is 1. The van der Waals surface area contributed by atoms with E-state index in [4.69, 9.17) is 0 Å². The van der Waals surface area contributed by atoms with Gasteiger partial charge in [0.05, 0.1) is 13.1 Å². The summed E-state index contributed by atoms with van der Waals surface area (Å²) in [5.41, 5.74) is 2.59. The van der Waals surface area contributed by atoms with E-state index >= 15 is 0 Å². The van der Waals surface area contributed by atoms with Crippen LogP contribution in [0.4, 0.5) is 0 Å². The summed E-state index contributed by atoms with van der Waals surface area (Å²) in [7, 11) is 0. The van der Waals surface area contributed by atoms with Crippen molar-refractivity contribution in [1.29, 1.82) is 0 Å². The summed E-state index contributed by atoms with van der Waals surface area (Å²) in [6, 6.07) is 8.43. The maximum Gasteiger partial charge on any atom is 0.239 e. The largest absolute Gasteiger partial charge is 0.361 e. The topological polar surface area (TPSA) is 68.4 Å². The van der Waals surface area contributed by atoms with Crippen LogP contribution in [0.5, 0.6) is 0 Å². The second-order valence-electron chi connectivity index (χ2n) is 7.01. The second kappa shape index (κ2) is 6.88. The Morgan fingerprint density at radius 3 is 2.76 bits per heavy atom. The molecule has 6 nitrogen and oxygen atoms in total. The van der Waals surface area contributed by atoms with Crippen LogP contribution in [0.3, 0.4) is 0 Å². The van der Waals surface area contributed by atoms with Crippen molar-refractivity contribution in [3.05, 3.63) is 36.0 Å². The number of aromatic nitrogens is 1. The number of rotatable bonds is 3. The maximum atomic E-state index is 12.4. The Labute approximate surface area is 147 Å². The van der Waals surface area contributed by atoms with Gasteiger partial charge in [0.15, 0.2) is 0 Å². The highest BCUT2D eigenvalue weighted by Crippen LogP contribution is 2.32. The Morgan fingerprint density at radius 2 is 1.96 bits per heavy atom. The lowest BCUT2D eigenvalue weighted by Crippen LogP contribution is -2.52. The lowest BCUT2D eigenvalue weighted by molar-refractivity contribution is -0.139. The van der Waals surface area contributed by atoms with E-state index in [0.29, 0.717) is 25.6 Å². The van der Waals surface area contributed by atoms with E-state index in [1.54, 1.807) is 4.90 Å². The summed E-state index contributed by atoms with van der Waals surface area (Å²) in [5, 5.41) is 4.07. The van der Waals surface area contributed by atoms with Gasteiger partial charge in [-0.15, -0.1) is 0 Å². The van der Waals surface area contributed by atoms with Gasteiger partial charge in [-0.25, -0.2) is 0 Å². The fourth-order valence-corrected chi connectivity index (χ4v) is 3.98. The third-order valence-corrected chi connectivity index (χ3v) is 5.40. The molecular formula is C19H24N4O2. The van der Waals surface area contributed by atoms with Crippen LogP contribution in [0.25, 0.3) is 10.9 Å². The van der Waals surface area contributed by atoms with Crippen molar-refractivity contribution < 1.29 is 9.59 Å². The van der Waals surface area contributed by atoms with Gasteiger partial charge in [-0.05, 0) is 43.5 Å². The van der Waals surface area contributed by atoms with Crippen LogP contribution in [0, 0.1) is 0 Å². The van der Waals surface area contributed by atoms with Crippen molar-refractivity contribution in [3.63, 3.8) is 0 Å². The lowest BCUT2D eigenvalue weighted by Gasteiger charge is -2.34. The standard InChI is InChI=1S/C19H24N4O2/c24-18-12-23(10-7-20-18)19(25)13-22-8-5-14(6-9-22)16-11-21-17-4-2-1-3-15(16)17/h1-4,11,14,21H,5-10,12-13H2,(H,20,24). The Balaban J connectivity index is 1.34. The van der Waals surface area contributed by atoms with Gasteiger partial charge in [0.1, 0.15) is 0 Å². The molecule has 1 aromatic carbocycles. The molecule has 2 N–H and O–H groups in total. The van der Waals surface area contributed by atoms with Crippen LogP contribution in [-0.4, -0.2) is 65.9 Å². The van der Waals surface area contributed by atoms with Crippen LogP contribution in [0.1, 0.15) is 24.3 Å². The number of hydrogen-bond acceptors (Lipinski definition) is 3. The molecule has 0 aliphatic carbocycles. The van der Waals surface area contributed by atoms with E-state index in [1.165, 1.54) is 16.5 Å². The minimum atomic E-state index is -0.0577. The molecule has 0 spiro atoms. The third kappa shape index (κ3) is 3.39. The number of fused-ring (bicyclic) bond motifs is 1. The number of hydrogen-bond donors (Lipinski definition) is 2. The number of piperidine rings is 1. The van der Waals surface area contributed by atoms with Crippen molar-refractivity contribution in [2.75, 3.05) is 39.3 Å². The number of aromatic amines is 1. The summed E-state index contributed by atoms with van der Waals surface area (Å²) in [6.45, 7) is 3.66. The van der Waals surface area contributed by atoms with Gasteiger partial charge in [0.2, 0.25) is 11.8 Å². The lowest BCUT2D eigenvalue weighted by atomic mass is 9.89. The summed E-state index contributed by atoms with van der Waals surface area (Å²) < 4.78 is 0. The molecule has 2 saturated heterocycles. The molecule has 6 heteroatoms. The molecule has 0 bridgehead atoms. The number of carbonyl (C=O) groups excluding carboxylic acids is 2. The van der Waals surface area contributed by atoms with Crippen molar-refractivity contribution in [2.24, 2.45) is 0 Å². The summed E-state index contributed by atoms with van der Waals surface area (Å²) >= 11 is 0. The predicted octanol–water partition coefficient (Wildman–Crippen LogP) is 1.31. The molecule has 2 aliphatic rings. The molecule has 4 rings (SSSR count). The van der Waals surface area contributed by atoms with E-state index < -0.39 is 0 Å². The number of nitrogens with one attached hydrogen (secondary N) is 2. The quantitative estimate of drug-likeness (QED) is 0.885. The minimum Gasteiger partial charge on any atom is -0.361 e. The van der Waals surface area contributed by atoms with Crippen LogP contribution in [0.2, 0.25) is 0 Å². The fourth-order valence-electron chi connectivity index (χ4n) is 3.98. The van der Waals surface area contributed by atoms with E-state index in [2.05, 4.69) is 45.7 Å². The van der Waals surface area contributed by atoms with Crippen molar-refractivity contribution in [3.8, 4) is 0 Å². The van der Waals surface area contributed by atoms with Crippen molar-refractivity contribution in [1.82, 2.24) is 20.1 Å². The summed E-state index contributed by atoms with van der Waals surface area (Å²) in [5.74, 6) is 0.557. The first kappa shape index (κ1) is 16.1. The fraction of sp³-hybridized carbons (Fsp3) is 0.474. The SMILES string of the molecule is O=C1CN(C(=O)CN2CCC(c3c[nH]c4ccccc34)CC2)CCN1. The average Bonchev–Trinajstić information content (AvgIpc) is 3.06. The van der Waals surface area contributed by atoms with E-state index in [-0.39, 0.29) is 18.4 Å². The number of benzene rings is 1. The zero-order valence-corrected chi connectivity index (χ0v) is 14.3. The predicted molar refractivity (Wildman–Crippen MR) is 96.3 cm³/mol. The monoisotopic (exact) mass is 340 g/mol. The van der Waals surface area contributed by atoms with E-state index in [1.807, 2.05) is 0 Å². The Morgan fingerprint density at radius 1 is 1.16 bits per heavy atom. The molecule has 2 aromatic rings. The van der Waals surface area contributed by atoms with Crippen molar-refractivity contribution in [2.45, 2.75) is 18.8 Å². The smallest absolute Gasteiger partial charge is 0.239 e. The zero-order valence-electron chi connectivity index (χ0n) is 14.3. The van der Waals surface area contributed by atoms with Crippen molar-refractivity contribution >= 4 is 22.7 Å². The Kier molecular flexibility index (Phi) is 4.44. The number of carbonyl (C=O) groups is 2. The highest BCUT2D eigenvalue weighted by molar-refractivity contribution is 5.87. The molecule has 2 amide bonds. The number of piperazine rings is 1. The number of para-hydroxylation sites is 1. The molecule has 0 atom stereocenters. The molecule has 2 fully saturated rings. The van der Waals surface area contributed by atoms with Crippen LogP contribution in [-0.2, 0) is 9.59 Å². The second-order valence-corrected chi connectivity index (χ2v) is 7.01.